The number of aromatic nitrogens is 1. The van der Waals surface area contributed by atoms with Crippen LogP contribution in [-0.4, -0.2) is 76.9 Å². The molecule has 4 rings (SSSR count). The first-order valence-electron chi connectivity index (χ1n) is 11.4. The lowest BCUT2D eigenvalue weighted by Crippen LogP contribution is -2.48. The lowest BCUT2D eigenvalue weighted by atomic mass is 9.91. The maximum atomic E-state index is 13.1. The zero-order valence-electron chi connectivity index (χ0n) is 18.3. The van der Waals surface area contributed by atoms with Crippen molar-refractivity contribution in [2.75, 3.05) is 45.8 Å². The van der Waals surface area contributed by atoms with Crippen LogP contribution in [0.2, 0.25) is 0 Å². The summed E-state index contributed by atoms with van der Waals surface area (Å²) in [7, 11) is 1.97. The van der Waals surface area contributed by atoms with Crippen molar-refractivity contribution in [2.24, 2.45) is 13.0 Å². The molecule has 2 aliphatic rings. The minimum atomic E-state index is 0.122. The molecule has 1 aromatic carbocycles. The van der Waals surface area contributed by atoms with Crippen LogP contribution in [0.1, 0.15) is 43.1 Å². The number of likely N-dealkylation sites (N-methyl/N-ethyl adjacent to an activating group) is 1. The largest absolute Gasteiger partial charge is 0.340 e. The first-order valence-corrected chi connectivity index (χ1v) is 11.4. The highest BCUT2D eigenvalue weighted by molar-refractivity contribution is 5.98. The maximum absolute atomic E-state index is 13.1. The van der Waals surface area contributed by atoms with Crippen molar-refractivity contribution in [3.05, 3.63) is 36.0 Å². The van der Waals surface area contributed by atoms with Crippen LogP contribution >= 0.6 is 0 Å². The van der Waals surface area contributed by atoms with Crippen LogP contribution in [0.25, 0.3) is 10.9 Å². The molecule has 6 nitrogen and oxygen atoms in total. The number of rotatable bonds is 5. The van der Waals surface area contributed by atoms with Gasteiger partial charge in [0.15, 0.2) is 0 Å². The summed E-state index contributed by atoms with van der Waals surface area (Å²) >= 11 is 0. The highest BCUT2D eigenvalue weighted by Crippen LogP contribution is 2.25. The highest BCUT2D eigenvalue weighted by Gasteiger charge is 2.27. The van der Waals surface area contributed by atoms with Crippen LogP contribution in [0.4, 0.5) is 0 Å². The van der Waals surface area contributed by atoms with Gasteiger partial charge in [0.2, 0.25) is 5.91 Å². The number of fused-ring (bicyclic) bond motifs is 1. The van der Waals surface area contributed by atoms with Gasteiger partial charge < -0.3 is 19.3 Å². The number of carbonyl (C=O) groups excluding carboxylic acids is 2. The summed E-state index contributed by atoms with van der Waals surface area (Å²) in [5.41, 5.74) is 1.85. The minimum Gasteiger partial charge on any atom is -0.340 e. The van der Waals surface area contributed by atoms with Crippen molar-refractivity contribution in [3.8, 4) is 0 Å². The standard InChI is InChI=1S/C24H34N4O2/c1-3-26-14-16-27(17-15-26)23(29)9-8-19-10-12-28(13-11-19)24(30)22-18-20-6-4-5-7-21(20)25(22)2/h4-7,18-19H,3,8-17H2,1-2H3. The van der Waals surface area contributed by atoms with Gasteiger partial charge in [-0.25, -0.2) is 0 Å². The quantitative estimate of drug-likeness (QED) is 0.761. The Morgan fingerprint density at radius 2 is 1.67 bits per heavy atom. The van der Waals surface area contributed by atoms with Crippen LogP contribution in [0.3, 0.4) is 0 Å². The molecule has 0 saturated carbocycles. The van der Waals surface area contributed by atoms with Crippen LogP contribution in [0.15, 0.2) is 30.3 Å². The summed E-state index contributed by atoms with van der Waals surface area (Å²) < 4.78 is 2.00. The van der Waals surface area contributed by atoms with E-state index < -0.39 is 0 Å². The second-order valence-electron chi connectivity index (χ2n) is 8.74. The van der Waals surface area contributed by atoms with Gasteiger partial charge in [-0.05, 0) is 43.9 Å². The lowest BCUT2D eigenvalue weighted by molar-refractivity contribution is -0.133. The van der Waals surface area contributed by atoms with Crippen LogP contribution in [0.5, 0.6) is 0 Å². The molecule has 0 spiro atoms. The van der Waals surface area contributed by atoms with Crippen molar-refractivity contribution in [1.82, 2.24) is 19.3 Å². The molecule has 0 radical (unpaired) electrons. The number of hydrogen-bond acceptors (Lipinski definition) is 3. The molecule has 0 bridgehead atoms. The van der Waals surface area contributed by atoms with E-state index in [1.165, 1.54) is 0 Å². The molecule has 162 valence electrons. The maximum Gasteiger partial charge on any atom is 0.270 e. The minimum absolute atomic E-state index is 0.122. The van der Waals surface area contributed by atoms with Crippen molar-refractivity contribution in [3.63, 3.8) is 0 Å². The second-order valence-corrected chi connectivity index (χ2v) is 8.74. The van der Waals surface area contributed by atoms with Gasteiger partial charge >= 0.3 is 0 Å². The number of carbonyl (C=O) groups is 2. The fraction of sp³-hybridized carbons (Fsp3) is 0.583. The molecular weight excluding hydrogens is 376 g/mol. The van der Waals surface area contributed by atoms with E-state index in [1.54, 1.807) is 0 Å². The van der Waals surface area contributed by atoms with E-state index in [2.05, 4.69) is 24.0 Å². The summed E-state index contributed by atoms with van der Waals surface area (Å²) in [6.07, 6.45) is 3.58. The summed E-state index contributed by atoms with van der Waals surface area (Å²) in [6.45, 7) is 8.54. The zero-order chi connectivity index (χ0) is 21.1. The fourth-order valence-electron chi connectivity index (χ4n) is 4.88. The van der Waals surface area contributed by atoms with Crippen molar-refractivity contribution < 1.29 is 9.59 Å². The average molecular weight is 411 g/mol. The highest BCUT2D eigenvalue weighted by atomic mass is 16.2. The predicted molar refractivity (Wildman–Crippen MR) is 119 cm³/mol. The molecule has 1 aromatic heterocycles. The van der Waals surface area contributed by atoms with E-state index in [-0.39, 0.29) is 5.91 Å². The van der Waals surface area contributed by atoms with Crippen LogP contribution in [0, 0.1) is 5.92 Å². The SMILES string of the molecule is CCN1CCN(C(=O)CCC2CCN(C(=O)c3cc4ccccc4n3C)CC2)CC1. The van der Waals surface area contributed by atoms with Crippen LogP contribution in [-0.2, 0) is 11.8 Å². The second kappa shape index (κ2) is 9.21. The molecule has 2 fully saturated rings. The molecular formula is C24H34N4O2. The molecule has 0 unspecified atom stereocenters. The van der Waals surface area contributed by atoms with Crippen molar-refractivity contribution in [2.45, 2.75) is 32.6 Å². The Balaban J connectivity index is 1.25. The monoisotopic (exact) mass is 410 g/mol. The Bertz CT molecular complexity index is 890. The summed E-state index contributed by atoms with van der Waals surface area (Å²) in [5.74, 6) is 0.971. The molecule has 0 atom stereocenters. The van der Waals surface area contributed by atoms with E-state index in [0.717, 1.165) is 81.7 Å². The van der Waals surface area contributed by atoms with E-state index in [4.69, 9.17) is 0 Å². The number of likely N-dealkylation sites (tertiary alicyclic amines) is 1. The Kier molecular flexibility index (Phi) is 6.42. The van der Waals surface area contributed by atoms with E-state index in [0.29, 0.717) is 18.2 Å². The van der Waals surface area contributed by atoms with Gasteiger partial charge in [0.1, 0.15) is 5.69 Å². The molecule has 3 heterocycles. The van der Waals surface area contributed by atoms with Gasteiger partial charge in [0.05, 0.1) is 0 Å². The summed E-state index contributed by atoms with van der Waals surface area (Å²) in [4.78, 5) is 32.0. The van der Waals surface area contributed by atoms with Gasteiger partial charge in [-0.2, -0.15) is 0 Å². The third-order valence-corrected chi connectivity index (χ3v) is 7.01. The number of piperazine rings is 1. The van der Waals surface area contributed by atoms with Crippen molar-refractivity contribution in [1.29, 1.82) is 0 Å². The zero-order valence-corrected chi connectivity index (χ0v) is 18.3. The molecule has 6 heteroatoms. The molecule has 2 saturated heterocycles. The number of amides is 2. The third kappa shape index (κ3) is 4.38. The first-order chi connectivity index (χ1) is 14.6. The summed E-state index contributed by atoms with van der Waals surface area (Å²) in [5, 5.41) is 1.11. The van der Waals surface area contributed by atoms with Crippen LogP contribution < -0.4 is 0 Å². The number of nitrogens with zero attached hydrogens (tertiary/aromatic N) is 4. The van der Waals surface area contributed by atoms with Crippen molar-refractivity contribution >= 4 is 22.7 Å². The number of para-hydroxylation sites is 1. The van der Waals surface area contributed by atoms with Gasteiger partial charge in [-0.1, -0.05) is 25.1 Å². The molecule has 2 amide bonds. The lowest BCUT2D eigenvalue weighted by Gasteiger charge is -2.35. The molecule has 2 aliphatic heterocycles. The Morgan fingerprint density at radius 1 is 0.967 bits per heavy atom. The smallest absolute Gasteiger partial charge is 0.270 e. The summed E-state index contributed by atoms with van der Waals surface area (Å²) in [6, 6.07) is 10.1. The van der Waals surface area contributed by atoms with Gasteiger partial charge in [-0.3, -0.25) is 9.59 Å². The first kappa shape index (κ1) is 20.9. The van der Waals surface area contributed by atoms with Gasteiger partial charge in [0.25, 0.3) is 5.91 Å². The van der Waals surface area contributed by atoms with Gasteiger partial charge in [-0.15, -0.1) is 0 Å². The molecule has 2 aromatic rings. The van der Waals surface area contributed by atoms with E-state index >= 15 is 0 Å². The fourth-order valence-corrected chi connectivity index (χ4v) is 4.88. The third-order valence-electron chi connectivity index (χ3n) is 7.01. The normalized spacial score (nSPS) is 18.9. The number of piperidine rings is 1. The topological polar surface area (TPSA) is 48.8 Å². The number of benzene rings is 1. The Morgan fingerprint density at radius 3 is 2.33 bits per heavy atom. The Hall–Kier alpha value is -2.34. The van der Waals surface area contributed by atoms with E-state index in [9.17, 15) is 9.59 Å². The van der Waals surface area contributed by atoms with Gasteiger partial charge in [0, 0.05) is 63.6 Å². The average Bonchev–Trinajstić information content (AvgIpc) is 3.14. The number of hydrogen-bond donors (Lipinski definition) is 0. The Labute approximate surface area is 179 Å². The predicted octanol–water partition coefficient (Wildman–Crippen LogP) is 2.97. The van der Waals surface area contributed by atoms with E-state index in [1.807, 2.05) is 39.6 Å². The molecule has 0 aliphatic carbocycles. The molecule has 0 N–H and O–H groups in total. The molecule has 30 heavy (non-hydrogen) atoms. The number of aryl methyl sites for hydroxylation is 1.